The standard InChI is InChI=1S/C13H21NO2/c1-9(2)15-5-6-16-13-10(3)7-12(14)8-11(13)4/h7-9H,5-6,14H2,1-4H3. The molecule has 16 heavy (non-hydrogen) atoms. The summed E-state index contributed by atoms with van der Waals surface area (Å²) < 4.78 is 11.1. The fourth-order valence-electron chi connectivity index (χ4n) is 1.64. The van der Waals surface area contributed by atoms with Crippen LogP contribution in [0.15, 0.2) is 12.1 Å². The minimum Gasteiger partial charge on any atom is -0.491 e. The Morgan fingerprint density at radius 2 is 1.69 bits per heavy atom. The number of aryl methyl sites for hydroxylation is 2. The molecule has 0 spiro atoms. The van der Waals surface area contributed by atoms with Crippen molar-refractivity contribution in [2.24, 2.45) is 0 Å². The molecule has 1 aromatic carbocycles. The van der Waals surface area contributed by atoms with Gasteiger partial charge in [0.2, 0.25) is 0 Å². The SMILES string of the molecule is Cc1cc(N)cc(C)c1OCCOC(C)C. The summed E-state index contributed by atoms with van der Waals surface area (Å²) in [6.45, 7) is 9.22. The van der Waals surface area contributed by atoms with E-state index in [1.165, 1.54) is 0 Å². The lowest BCUT2D eigenvalue weighted by Crippen LogP contribution is -2.12. The van der Waals surface area contributed by atoms with E-state index in [2.05, 4.69) is 0 Å². The zero-order valence-electron chi connectivity index (χ0n) is 10.5. The third kappa shape index (κ3) is 3.74. The van der Waals surface area contributed by atoms with Crippen LogP contribution in [0.25, 0.3) is 0 Å². The second kappa shape index (κ2) is 5.75. The predicted molar refractivity (Wildman–Crippen MR) is 66.9 cm³/mol. The molecule has 0 aliphatic rings. The maximum atomic E-state index is 5.74. The second-order valence-electron chi connectivity index (χ2n) is 4.25. The molecule has 0 amide bonds. The van der Waals surface area contributed by atoms with Gasteiger partial charge in [-0.1, -0.05) is 0 Å². The van der Waals surface area contributed by atoms with Crippen LogP contribution in [-0.2, 0) is 4.74 Å². The molecule has 0 atom stereocenters. The van der Waals surface area contributed by atoms with E-state index >= 15 is 0 Å². The van der Waals surface area contributed by atoms with Gasteiger partial charge in [-0.3, -0.25) is 0 Å². The maximum Gasteiger partial charge on any atom is 0.125 e. The molecule has 0 saturated carbocycles. The molecule has 0 fully saturated rings. The number of rotatable bonds is 5. The number of benzene rings is 1. The fraction of sp³-hybridized carbons (Fsp3) is 0.538. The highest BCUT2D eigenvalue weighted by Crippen LogP contribution is 2.25. The van der Waals surface area contributed by atoms with Crippen LogP contribution in [-0.4, -0.2) is 19.3 Å². The molecule has 90 valence electrons. The lowest BCUT2D eigenvalue weighted by molar-refractivity contribution is 0.0550. The summed E-state index contributed by atoms with van der Waals surface area (Å²) in [5, 5.41) is 0. The Morgan fingerprint density at radius 1 is 1.12 bits per heavy atom. The molecule has 0 radical (unpaired) electrons. The highest BCUT2D eigenvalue weighted by atomic mass is 16.5. The average Bonchev–Trinajstić information content (AvgIpc) is 2.14. The van der Waals surface area contributed by atoms with Crippen LogP contribution in [0.3, 0.4) is 0 Å². The number of nitrogens with two attached hydrogens (primary N) is 1. The van der Waals surface area contributed by atoms with Crippen molar-refractivity contribution in [2.75, 3.05) is 18.9 Å². The molecule has 0 aliphatic carbocycles. The van der Waals surface area contributed by atoms with Gasteiger partial charge in [-0.2, -0.15) is 0 Å². The van der Waals surface area contributed by atoms with Crippen LogP contribution in [0.4, 0.5) is 5.69 Å². The molecular formula is C13H21NO2. The van der Waals surface area contributed by atoms with Gasteiger partial charge in [0.05, 0.1) is 12.7 Å². The van der Waals surface area contributed by atoms with E-state index in [0.29, 0.717) is 13.2 Å². The predicted octanol–water partition coefficient (Wildman–Crippen LogP) is 2.69. The normalized spacial score (nSPS) is 10.8. The third-order valence-electron chi connectivity index (χ3n) is 2.26. The topological polar surface area (TPSA) is 44.5 Å². The molecule has 1 rings (SSSR count). The lowest BCUT2D eigenvalue weighted by Gasteiger charge is -2.14. The lowest BCUT2D eigenvalue weighted by atomic mass is 10.1. The summed E-state index contributed by atoms with van der Waals surface area (Å²) in [6, 6.07) is 3.84. The number of anilines is 1. The molecule has 3 nitrogen and oxygen atoms in total. The smallest absolute Gasteiger partial charge is 0.125 e. The minimum atomic E-state index is 0.247. The van der Waals surface area contributed by atoms with Crippen molar-refractivity contribution in [3.63, 3.8) is 0 Å². The van der Waals surface area contributed by atoms with Crippen LogP contribution in [0, 0.1) is 13.8 Å². The first-order valence-electron chi connectivity index (χ1n) is 5.62. The Labute approximate surface area is 97.6 Å². The molecule has 1 aromatic rings. The fourth-order valence-corrected chi connectivity index (χ4v) is 1.64. The van der Waals surface area contributed by atoms with Gasteiger partial charge in [0.15, 0.2) is 0 Å². The van der Waals surface area contributed by atoms with Crippen molar-refractivity contribution in [3.05, 3.63) is 23.3 Å². The Kier molecular flexibility index (Phi) is 4.62. The van der Waals surface area contributed by atoms with Gasteiger partial charge < -0.3 is 15.2 Å². The zero-order chi connectivity index (χ0) is 12.1. The molecule has 0 saturated heterocycles. The van der Waals surface area contributed by atoms with Crippen molar-refractivity contribution >= 4 is 5.69 Å². The summed E-state index contributed by atoms with van der Waals surface area (Å²) in [6.07, 6.45) is 0.247. The first kappa shape index (κ1) is 12.8. The highest BCUT2D eigenvalue weighted by Gasteiger charge is 2.05. The molecule has 3 heteroatoms. The molecular weight excluding hydrogens is 202 g/mol. The Hall–Kier alpha value is -1.22. The molecule has 0 heterocycles. The van der Waals surface area contributed by atoms with Crippen LogP contribution in [0.1, 0.15) is 25.0 Å². The Bertz CT molecular complexity index is 325. The summed E-state index contributed by atoms with van der Waals surface area (Å²) in [4.78, 5) is 0. The van der Waals surface area contributed by atoms with E-state index < -0.39 is 0 Å². The Morgan fingerprint density at radius 3 is 2.19 bits per heavy atom. The van der Waals surface area contributed by atoms with Crippen LogP contribution < -0.4 is 10.5 Å². The van der Waals surface area contributed by atoms with Gasteiger partial charge >= 0.3 is 0 Å². The van der Waals surface area contributed by atoms with E-state index in [1.54, 1.807) is 0 Å². The van der Waals surface area contributed by atoms with Crippen molar-refractivity contribution in [1.82, 2.24) is 0 Å². The summed E-state index contributed by atoms with van der Waals surface area (Å²) >= 11 is 0. The molecule has 0 aromatic heterocycles. The van der Waals surface area contributed by atoms with Crippen LogP contribution >= 0.6 is 0 Å². The third-order valence-corrected chi connectivity index (χ3v) is 2.26. The van der Waals surface area contributed by atoms with E-state index in [9.17, 15) is 0 Å². The maximum absolute atomic E-state index is 5.74. The first-order valence-corrected chi connectivity index (χ1v) is 5.62. The molecule has 0 unspecified atom stereocenters. The minimum absolute atomic E-state index is 0.247. The van der Waals surface area contributed by atoms with E-state index in [4.69, 9.17) is 15.2 Å². The van der Waals surface area contributed by atoms with E-state index in [0.717, 1.165) is 22.6 Å². The van der Waals surface area contributed by atoms with Gasteiger partial charge in [-0.05, 0) is 51.0 Å². The van der Waals surface area contributed by atoms with Gasteiger partial charge in [0, 0.05) is 5.69 Å². The molecule has 0 bridgehead atoms. The Balaban J connectivity index is 2.54. The van der Waals surface area contributed by atoms with Crippen molar-refractivity contribution in [3.8, 4) is 5.75 Å². The monoisotopic (exact) mass is 223 g/mol. The summed E-state index contributed by atoms with van der Waals surface area (Å²) in [7, 11) is 0. The van der Waals surface area contributed by atoms with Crippen molar-refractivity contribution in [1.29, 1.82) is 0 Å². The molecule has 0 aliphatic heterocycles. The van der Waals surface area contributed by atoms with Gasteiger partial charge in [-0.25, -0.2) is 0 Å². The summed E-state index contributed by atoms with van der Waals surface area (Å²) in [5.74, 6) is 0.918. The summed E-state index contributed by atoms with van der Waals surface area (Å²) in [5.41, 5.74) is 8.66. The van der Waals surface area contributed by atoms with E-state index in [1.807, 2.05) is 39.8 Å². The van der Waals surface area contributed by atoms with Gasteiger partial charge in [-0.15, -0.1) is 0 Å². The molecule has 2 N–H and O–H groups in total. The zero-order valence-corrected chi connectivity index (χ0v) is 10.5. The number of ether oxygens (including phenoxy) is 2. The highest BCUT2D eigenvalue weighted by molar-refractivity contribution is 5.52. The number of nitrogen functional groups attached to an aromatic ring is 1. The number of hydrogen-bond acceptors (Lipinski definition) is 3. The van der Waals surface area contributed by atoms with Crippen molar-refractivity contribution in [2.45, 2.75) is 33.8 Å². The quantitative estimate of drug-likeness (QED) is 0.616. The van der Waals surface area contributed by atoms with Crippen molar-refractivity contribution < 1.29 is 9.47 Å². The first-order chi connectivity index (χ1) is 7.50. The van der Waals surface area contributed by atoms with Crippen LogP contribution in [0.5, 0.6) is 5.75 Å². The average molecular weight is 223 g/mol. The van der Waals surface area contributed by atoms with Gasteiger partial charge in [0.1, 0.15) is 12.4 Å². The van der Waals surface area contributed by atoms with E-state index in [-0.39, 0.29) is 6.10 Å². The second-order valence-corrected chi connectivity index (χ2v) is 4.25. The van der Waals surface area contributed by atoms with Gasteiger partial charge in [0.25, 0.3) is 0 Å². The largest absolute Gasteiger partial charge is 0.491 e. The van der Waals surface area contributed by atoms with Crippen LogP contribution in [0.2, 0.25) is 0 Å². The number of hydrogen-bond donors (Lipinski definition) is 1.